The van der Waals surface area contributed by atoms with Crippen molar-refractivity contribution in [2.75, 3.05) is 0 Å². The van der Waals surface area contributed by atoms with E-state index in [-0.39, 0.29) is 11.3 Å². The molecule has 0 saturated heterocycles. The number of carbonyl (C=O) groups is 1. The minimum atomic E-state index is -0.558. The van der Waals surface area contributed by atoms with E-state index >= 15 is 0 Å². The second-order valence-corrected chi connectivity index (χ2v) is 5.61. The molecule has 0 fully saturated rings. The number of hydrazone groups is 1. The number of amides is 1. The van der Waals surface area contributed by atoms with Gasteiger partial charge in [0.1, 0.15) is 5.75 Å². The molecule has 0 aliphatic rings. The average molecular weight is 352 g/mol. The van der Waals surface area contributed by atoms with E-state index in [1.54, 1.807) is 18.5 Å². The first-order valence-electron chi connectivity index (χ1n) is 7.47. The molecule has 0 spiro atoms. The number of nitrogens with zero attached hydrogens (tertiary/aromatic N) is 2. The zero-order chi connectivity index (χ0) is 17.6. The van der Waals surface area contributed by atoms with Gasteiger partial charge in [0.05, 0.1) is 11.3 Å². The second kappa shape index (κ2) is 7.59. The molecule has 0 atom stereocenters. The molecule has 1 aromatic heterocycles. The number of pyridine rings is 1. The number of carbonyl (C=O) groups excluding carboxylic acids is 1. The van der Waals surface area contributed by atoms with E-state index in [9.17, 15) is 9.90 Å². The normalized spacial score (nSPS) is 11.2. The van der Waals surface area contributed by atoms with Gasteiger partial charge in [0, 0.05) is 28.5 Å². The summed E-state index contributed by atoms with van der Waals surface area (Å²) in [6, 6.07) is 17.3. The molecule has 1 amide bonds. The molecule has 0 aliphatic carbocycles. The van der Waals surface area contributed by atoms with Gasteiger partial charge in [-0.1, -0.05) is 41.9 Å². The summed E-state index contributed by atoms with van der Waals surface area (Å²) in [5, 5.41) is 14.4. The number of hydrogen-bond donors (Lipinski definition) is 2. The number of aromatic nitrogens is 1. The summed E-state index contributed by atoms with van der Waals surface area (Å²) in [4.78, 5) is 16.4. The van der Waals surface area contributed by atoms with Gasteiger partial charge in [-0.25, -0.2) is 5.43 Å². The fourth-order valence-corrected chi connectivity index (χ4v) is 2.42. The largest absolute Gasteiger partial charge is 0.507 e. The highest BCUT2D eigenvalue weighted by molar-refractivity contribution is 6.31. The molecule has 3 rings (SSSR count). The highest BCUT2D eigenvalue weighted by Crippen LogP contribution is 2.21. The van der Waals surface area contributed by atoms with Crippen LogP contribution in [0.25, 0.3) is 0 Å². The van der Waals surface area contributed by atoms with Gasteiger partial charge in [0.25, 0.3) is 5.91 Å². The molecule has 0 saturated carbocycles. The molecule has 2 N–H and O–H groups in total. The Morgan fingerprint density at radius 2 is 1.80 bits per heavy atom. The Hall–Kier alpha value is -3.18. The molecule has 0 unspecified atom stereocenters. The molecule has 25 heavy (non-hydrogen) atoms. The van der Waals surface area contributed by atoms with E-state index in [4.69, 9.17) is 11.6 Å². The highest BCUT2D eigenvalue weighted by Gasteiger charge is 2.13. The average Bonchev–Trinajstić information content (AvgIpc) is 2.65. The fourth-order valence-electron chi connectivity index (χ4n) is 2.25. The first-order valence-corrected chi connectivity index (χ1v) is 7.85. The Morgan fingerprint density at radius 3 is 2.52 bits per heavy atom. The second-order valence-electron chi connectivity index (χ2n) is 5.17. The van der Waals surface area contributed by atoms with Gasteiger partial charge in [-0.2, -0.15) is 5.10 Å². The Labute approximate surface area is 149 Å². The maximum atomic E-state index is 12.3. The molecular weight excluding hydrogens is 338 g/mol. The summed E-state index contributed by atoms with van der Waals surface area (Å²) in [7, 11) is 0. The van der Waals surface area contributed by atoms with Crippen LogP contribution < -0.4 is 5.43 Å². The zero-order valence-corrected chi connectivity index (χ0v) is 13.8. The van der Waals surface area contributed by atoms with Gasteiger partial charge in [-0.15, -0.1) is 0 Å². The van der Waals surface area contributed by atoms with Crippen LogP contribution in [0.1, 0.15) is 21.5 Å². The van der Waals surface area contributed by atoms with Crippen LogP contribution in [-0.4, -0.2) is 21.7 Å². The summed E-state index contributed by atoms with van der Waals surface area (Å²) in [6.45, 7) is 0. The van der Waals surface area contributed by atoms with Crippen LogP contribution in [0.4, 0.5) is 0 Å². The number of phenolic OH excluding ortho intramolecular Hbond substituents is 1. The topological polar surface area (TPSA) is 74.6 Å². The van der Waals surface area contributed by atoms with Crippen LogP contribution in [0.2, 0.25) is 5.02 Å². The van der Waals surface area contributed by atoms with Crippen molar-refractivity contribution in [3.05, 3.63) is 94.8 Å². The highest BCUT2D eigenvalue weighted by atomic mass is 35.5. The third kappa shape index (κ3) is 4.02. The number of rotatable bonds is 4. The Balaban J connectivity index is 1.94. The minimum absolute atomic E-state index is 0.0508. The van der Waals surface area contributed by atoms with Crippen molar-refractivity contribution < 1.29 is 9.90 Å². The zero-order valence-electron chi connectivity index (χ0n) is 13.1. The smallest absolute Gasteiger partial charge is 0.275 e. The Morgan fingerprint density at radius 1 is 1.04 bits per heavy atom. The lowest BCUT2D eigenvalue weighted by Crippen LogP contribution is -2.20. The predicted octanol–water partition coefficient (Wildman–Crippen LogP) is 3.62. The summed E-state index contributed by atoms with van der Waals surface area (Å²) in [5.74, 6) is -0.725. The molecular formula is C19H14ClN3O2. The Bertz CT molecular complexity index is 871. The van der Waals surface area contributed by atoms with Gasteiger partial charge >= 0.3 is 0 Å². The van der Waals surface area contributed by atoms with Crippen molar-refractivity contribution in [2.45, 2.75) is 0 Å². The molecule has 0 aliphatic heterocycles. The van der Waals surface area contributed by atoms with Crippen LogP contribution >= 0.6 is 11.6 Å². The molecule has 6 heteroatoms. The number of halogens is 1. The van der Waals surface area contributed by atoms with E-state index in [2.05, 4.69) is 15.5 Å². The van der Waals surface area contributed by atoms with E-state index in [1.165, 1.54) is 18.2 Å². The van der Waals surface area contributed by atoms with E-state index < -0.39 is 5.91 Å². The predicted molar refractivity (Wildman–Crippen MR) is 96.9 cm³/mol. The number of phenols is 1. The summed E-state index contributed by atoms with van der Waals surface area (Å²) in [6.07, 6.45) is 3.32. The molecule has 3 aromatic rings. The van der Waals surface area contributed by atoms with Crippen molar-refractivity contribution in [1.82, 2.24) is 10.4 Å². The van der Waals surface area contributed by atoms with Crippen molar-refractivity contribution in [1.29, 1.82) is 0 Å². The van der Waals surface area contributed by atoms with Gasteiger partial charge in [0.15, 0.2) is 0 Å². The third-order valence-electron chi connectivity index (χ3n) is 3.45. The summed E-state index contributed by atoms with van der Waals surface area (Å²) < 4.78 is 0. The molecule has 0 radical (unpaired) electrons. The standard InChI is InChI=1S/C19H14ClN3O2/c20-15-8-9-17(24)16(11-15)19(25)23-22-18(13-5-2-1-3-6-13)14-7-4-10-21-12-14/h1-12,24H,(H,23,25)/b22-18+. The number of nitrogens with one attached hydrogen (secondary N) is 1. The van der Waals surface area contributed by atoms with E-state index in [1.807, 2.05) is 36.4 Å². The number of benzene rings is 2. The van der Waals surface area contributed by atoms with Gasteiger partial charge in [-0.05, 0) is 30.3 Å². The fraction of sp³-hybridized carbons (Fsp3) is 0. The Kier molecular flexibility index (Phi) is 5.06. The lowest BCUT2D eigenvalue weighted by atomic mass is 10.0. The minimum Gasteiger partial charge on any atom is -0.507 e. The van der Waals surface area contributed by atoms with E-state index in [0.29, 0.717) is 10.7 Å². The SMILES string of the molecule is O=C(N/N=C(\c1ccccc1)c1cccnc1)c1cc(Cl)ccc1O. The number of hydrogen-bond acceptors (Lipinski definition) is 4. The summed E-state index contributed by atoms with van der Waals surface area (Å²) >= 11 is 5.88. The molecule has 1 heterocycles. The van der Waals surface area contributed by atoms with Crippen molar-refractivity contribution >= 4 is 23.2 Å². The third-order valence-corrected chi connectivity index (χ3v) is 3.69. The van der Waals surface area contributed by atoms with Crippen molar-refractivity contribution in [2.24, 2.45) is 5.10 Å². The summed E-state index contributed by atoms with van der Waals surface area (Å²) in [5.41, 5.74) is 4.66. The quantitative estimate of drug-likeness (QED) is 0.557. The van der Waals surface area contributed by atoms with E-state index in [0.717, 1.165) is 11.1 Å². The first-order chi connectivity index (χ1) is 12.1. The van der Waals surface area contributed by atoms with Crippen LogP contribution in [0, 0.1) is 0 Å². The van der Waals surface area contributed by atoms with Crippen molar-refractivity contribution in [3.63, 3.8) is 0 Å². The van der Waals surface area contributed by atoms with Gasteiger partial charge < -0.3 is 5.11 Å². The molecule has 5 nitrogen and oxygen atoms in total. The maximum absolute atomic E-state index is 12.3. The lowest BCUT2D eigenvalue weighted by Gasteiger charge is -2.08. The van der Waals surface area contributed by atoms with Crippen molar-refractivity contribution in [3.8, 4) is 5.75 Å². The van der Waals surface area contributed by atoms with Crippen LogP contribution in [0.5, 0.6) is 5.75 Å². The lowest BCUT2D eigenvalue weighted by molar-refractivity contribution is 0.0952. The molecule has 0 bridgehead atoms. The van der Waals surface area contributed by atoms with Gasteiger partial charge in [0.2, 0.25) is 0 Å². The van der Waals surface area contributed by atoms with Crippen LogP contribution in [-0.2, 0) is 0 Å². The molecule has 124 valence electrons. The van der Waals surface area contributed by atoms with Gasteiger partial charge in [-0.3, -0.25) is 9.78 Å². The number of aromatic hydroxyl groups is 1. The van der Waals surface area contributed by atoms with Crippen LogP contribution in [0.15, 0.2) is 78.2 Å². The van der Waals surface area contributed by atoms with Crippen LogP contribution in [0.3, 0.4) is 0 Å². The monoisotopic (exact) mass is 351 g/mol. The molecule has 2 aromatic carbocycles. The maximum Gasteiger partial charge on any atom is 0.275 e. The first kappa shape index (κ1) is 16.7.